The summed E-state index contributed by atoms with van der Waals surface area (Å²) in [4.78, 5) is -0.0937. The summed E-state index contributed by atoms with van der Waals surface area (Å²) in [7, 11) is -4.05. The number of nitrogens with one attached hydrogen (secondary N) is 1. The second kappa shape index (κ2) is 5.37. The maximum Gasteiger partial charge on any atom is 0.262 e. The van der Waals surface area contributed by atoms with Crippen molar-refractivity contribution in [3.63, 3.8) is 0 Å². The van der Waals surface area contributed by atoms with Crippen LogP contribution >= 0.6 is 15.9 Å². The summed E-state index contributed by atoms with van der Waals surface area (Å²) >= 11 is 3.17. The van der Waals surface area contributed by atoms with Gasteiger partial charge in [-0.25, -0.2) is 17.2 Å². The first-order chi connectivity index (χ1) is 9.31. The van der Waals surface area contributed by atoms with E-state index in [2.05, 4.69) is 15.9 Å². The minimum atomic E-state index is -4.05. The van der Waals surface area contributed by atoms with Gasteiger partial charge in [0.15, 0.2) is 11.6 Å². The second-order valence-electron chi connectivity index (χ2n) is 3.89. The SMILES string of the molecule is Nc1ccc(F)c(F)c1NS(=O)(=O)c1ccc(Br)cc1. The average Bonchev–Trinajstić information content (AvgIpc) is 2.40. The zero-order valence-electron chi connectivity index (χ0n) is 9.90. The van der Waals surface area contributed by atoms with E-state index in [-0.39, 0.29) is 10.6 Å². The van der Waals surface area contributed by atoms with Gasteiger partial charge in [0.2, 0.25) is 0 Å². The summed E-state index contributed by atoms with van der Waals surface area (Å²) in [5.74, 6) is -2.53. The van der Waals surface area contributed by atoms with Crippen molar-refractivity contribution in [1.82, 2.24) is 0 Å². The number of nitrogen functional groups attached to an aromatic ring is 1. The van der Waals surface area contributed by atoms with Crippen molar-refractivity contribution in [3.8, 4) is 0 Å². The fourth-order valence-electron chi connectivity index (χ4n) is 1.48. The lowest BCUT2D eigenvalue weighted by atomic mass is 10.2. The summed E-state index contributed by atoms with van der Waals surface area (Å²) in [5, 5.41) is 0. The van der Waals surface area contributed by atoms with Crippen molar-refractivity contribution in [2.24, 2.45) is 0 Å². The van der Waals surface area contributed by atoms with E-state index in [1.807, 2.05) is 4.72 Å². The van der Waals surface area contributed by atoms with Gasteiger partial charge in [-0.1, -0.05) is 15.9 Å². The van der Waals surface area contributed by atoms with Crippen LogP contribution in [0.15, 0.2) is 45.8 Å². The fraction of sp³-hybridized carbons (Fsp3) is 0. The Labute approximate surface area is 122 Å². The molecule has 20 heavy (non-hydrogen) atoms. The normalized spacial score (nSPS) is 11.3. The lowest BCUT2D eigenvalue weighted by Gasteiger charge is -2.11. The van der Waals surface area contributed by atoms with E-state index in [9.17, 15) is 17.2 Å². The van der Waals surface area contributed by atoms with E-state index in [1.54, 1.807) is 0 Å². The molecule has 0 aromatic heterocycles. The molecule has 0 bridgehead atoms. The maximum absolute atomic E-state index is 13.6. The van der Waals surface area contributed by atoms with Gasteiger partial charge in [-0.2, -0.15) is 0 Å². The molecule has 0 amide bonds. The second-order valence-corrected chi connectivity index (χ2v) is 6.48. The first-order valence-corrected chi connectivity index (χ1v) is 7.61. The number of hydrogen-bond acceptors (Lipinski definition) is 3. The highest BCUT2D eigenvalue weighted by Crippen LogP contribution is 2.27. The third kappa shape index (κ3) is 2.91. The van der Waals surface area contributed by atoms with Crippen LogP contribution in [0.2, 0.25) is 0 Å². The summed E-state index contributed by atoms with van der Waals surface area (Å²) in [6, 6.07) is 7.57. The molecule has 3 N–H and O–H groups in total. The molecular formula is C12H9BrF2N2O2S. The first-order valence-electron chi connectivity index (χ1n) is 5.33. The standard InChI is InChI=1S/C12H9BrF2N2O2S/c13-7-1-3-8(4-2-7)20(18,19)17-12-10(16)6-5-9(14)11(12)15/h1-6,17H,16H2. The smallest absolute Gasteiger partial charge is 0.262 e. The molecule has 0 aliphatic carbocycles. The highest BCUT2D eigenvalue weighted by atomic mass is 79.9. The molecule has 0 heterocycles. The van der Waals surface area contributed by atoms with Crippen LogP contribution in [0, 0.1) is 11.6 Å². The van der Waals surface area contributed by atoms with Crippen LogP contribution in [0.5, 0.6) is 0 Å². The molecule has 106 valence electrons. The lowest BCUT2D eigenvalue weighted by molar-refractivity contribution is 0.512. The number of rotatable bonds is 3. The van der Waals surface area contributed by atoms with Crippen LogP contribution in [0.25, 0.3) is 0 Å². The summed E-state index contributed by atoms with van der Waals surface area (Å²) < 4.78 is 53.5. The van der Waals surface area contributed by atoms with Crippen LogP contribution in [0.3, 0.4) is 0 Å². The third-order valence-corrected chi connectivity index (χ3v) is 4.38. The van der Waals surface area contributed by atoms with Gasteiger partial charge in [0, 0.05) is 4.47 Å². The van der Waals surface area contributed by atoms with Gasteiger partial charge in [0.05, 0.1) is 10.6 Å². The third-order valence-electron chi connectivity index (χ3n) is 2.49. The van der Waals surface area contributed by atoms with E-state index < -0.39 is 27.3 Å². The molecule has 0 spiro atoms. The fourth-order valence-corrected chi connectivity index (χ4v) is 2.83. The number of hydrogen-bond donors (Lipinski definition) is 2. The number of nitrogens with two attached hydrogens (primary N) is 1. The Bertz CT molecular complexity index is 749. The number of anilines is 2. The molecule has 0 radical (unpaired) electrons. The zero-order valence-corrected chi connectivity index (χ0v) is 12.3. The Morgan fingerprint density at radius 2 is 1.65 bits per heavy atom. The molecule has 2 aromatic carbocycles. The van der Waals surface area contributed by atoms with Gasteiger partial charge in [0.1, 0.15) is 5.69 Å². The van der Waals surface area contributed by atoms with Crippen molar-refractivity contribution >= 4 is 37.3 Å². The molecule has 0 aliphatic heterocycles. The van der Waals surface area contributed by atoms with Gasteiger partial charge < -0.3 is 5.73 Å². The number of halogens is 3. The van der Waals surface area contributed by atoms with E-state index in [0.29, 0.717) is 4.47 Å². The van der Waals surface area contributed by atoms with Crippen molar-refractivity contribution in [2.75, 3.05) is 10.5 Å². The molecule has 0 atom stereocenters. The Morgan fingerprint density at radius 1 is 1.05 bits per heavy atom. The topological polar surface area (TPSA) is 72.2 Å². The van der Waals surface area contributed by atoms with Crippen molar-refractivity contribution < 1.29 is 17.2 Å². The van der Waals surface area contributed by atoms with Gasteiger partial charge >= 0.3 is 0 Å². The monoisotopic (exact) mass is 362 g/mol. The highest BCUT2D eigenvalue weighted by Gasteiger charge is 2.20. The first kappa shape index (κ1) is 14.7. The minimum absolute atomic E-state index is 0.0937. The molecule has 2 rings (SSSR count). The number of benzene rings is 2. The molecule has 4 nitrogen and oxygen atoms in total. The molecule has 0 fully saturated rings. The summed E-state index contributed by atoms with van der Waals surface area (Å²) in [6.45, 7) is 0. The van der Waals surface area contributed by atoms with Gasteiger partial charge in [0.25, 0.3) is 10.0 Å². The predicted molar refractivity (Wildman–Crippen MR) is 75.7 cm³/mol. The molecule has 0 saturated heterocycles. The minimum Gasteiger partial charge on any atom is -0.397 e. The van der Waals surface area contributed by atoms with Gasteiger partial charge in [-0.3, -0.25) is 4.72 Å². The zero-order chi connectivity index (χ0) is 14.9. The molecule has 0 aliphatic rings. The van der Waals surface area contributed by atoms with E-state index in [4.69, 9.17) is 5.73 Å². The van der Waals surface area contributed by atoms with Gasteiger partial charge in [-0.05, 0) is 36.4 Å². The Balaban J connectivity index is 2.43. The average molecular weight is 363 g/mol. The van der Waals surface area contributed by atoms with Gasteiger partial charge in [-0.15, -0.1) is 0 Å². The predicted octanol–water partition coefficient (Wildman–Crippen LogP) is 3.11. The highest BCUT2D eigenvalue weighted by molar-refractivity contribution is 9.10. The summed E-state index contributed by atoms with van der Waals surface area (Å²) in [5.41, 5.74) is 4.65. The van der Waals surface area contributed by atoms with E-state index >= 15 is 0 Å². The van der Waals surface area contributed by atoms with Crippen molar-refractivity contribution in [3.05, 3.63) is 52.5 Å². The molecule has 2 aromatic rings. The van der Waals surface area contributed by atoms with Crippen LogP contribution in [-0.2, 0) is 10.0 Å². The van der Waals surface area contributed by atoms with Crippen molar-refractivity contribution in [2.45, 2.75) is 4.90 Å². The van der Waals surface area contributed by atoms with Crippen LogP contribution < -0.4 is 10.5 Å². The van der Waals surface area contributed by atoms with Crippen LogP contribution in [0.1, 0.15) is 0 Å². The Kier molecular flexibility index (Phi) is 3.96. The molecule has 8 heteroatoms. The Hall–Kier alpha value is -1.67. The van der Waals surface area contributed by atoms with E-state index in [0.717, 1.165) is 12.1 Å². The molecule has 0 unspecified atom stereocenters. The van der Waals surface area contributed by atoms with Crippen molar-refractivity contribution in [1.29, 1.82) is 0 Å². The lowest BCUT2D eigenvalue weighted by Crippen LogP contribution is -2.15. The maximum atomic E-state index is 13.6. The van der Waals surface area contributed by atoms with Crippen LogP contribution in [-0.4, -0.2) is 8.42 Å². The summed E-state index contributed by atoms with van der Waals surface area (Å²) in [6.07, 6.45) is 0. The van der Waals surface area contributed by atoms with E-state index in [1.165, 1.54) is 24.3 Å². The quantitative estimate of drug-likeness (QED) is 0.824. The van der Waals surface area contributed by atoms with Crippen LogP contribution in [0.4, 0.5) is 20.2 Å². The Morgan fingerprint density at radius 3 is 2.25 bits per heavy atom. The largest absolute Gasteiger partial charge is 0.397 e. The number of sulfonamides is 1. The molecular weight excluding hydrogens is 354 g/mol. The molecule has 0 saturated carbocycles.